The highest BCUT2D eigenvalue weighted by Crippen LogP contribution is 2.07. The molecule has 4 heteroatoms. The molecule has 0 radical (unpaired) electrons. The van der Waals surface area contributed by atoms with Crippen LogP contribution in [-0.2, 0) is 13.0 Å². The fourth-order valence-corrected chi connectivity index (χ4v) is 1.82. The zero-order valence-electron chi connectivity index (χ0n) is 10.4. The number of hydrogen-bond donors (Lipinski definition) is 1. The highest BCUT2D eigenvalue weighted by molar-refractivity contribution is 5.31. The first-order valence-corrected chi connectivity index (χ1v) is 5.92. The molecule has 1 atom stereocenters. The SMILES string of the molecule is CC(N)Cc1cn(Cc2ccc(C#N)cc2)cn1. The Hall–Kier alpha value is -2.12. The summed E-state index contributed by atoms with van der Waals surface area (Å²) in [6.07, 6.45) is 4.62. The summed E-state index contributed by atoms with van der Waals surface area (Å²) >= 11 is 0. The Morgan fingerprint density at radius 1 is 1.39 bits per heavy atom. The van der Waals surface area contributed by atoms with Gasteiger partial charge in [0.1, 0.15) is 0 Å². The molecule has 2 rings (SSSR count). The normalized spacial score (nSPS) is 12.1. The van der Waals surface area contributed by atoms with Crippen LogP contribution in [0.4, 0.5) is 0 Å². The molecule has 1 heterocycles. The van der Waals surface area contributed by atoms with Crippen molar-refractivity contribution in [2.45, 2.75) is 25.9 Å². The lowest BCUT2D eigenvalue weighted by Crippen LogP contribution is -2.17. The Morgan fingerprint density at radius 2 is 2.11 bits per heavy atom. The molecule has 0 aliphatic heterocycles. The molecule has 0 bridgehead atoms. The second-order valence-corrected chi connectivity index (χ2v) is 4.53. The first-order valence-electron chi connectivity index (χ1n) is 5.92. The standard InChI is InChI=1S/C14H16N4/c1-11(16)6-14-9-18(10-17-14)8-13-4-2-12(7-15)3-5-13/h2-5,9-11H,6,8,16H2,1H3. The zero-order valence-corrected chi connectivity index (χ0v) is 10.4. The molecule has 0 amide bonds. The van der Waals surface area contributed by atoms with Gasteiger partial charge in [-0.1, -0.05) is 12.1 Å². The van der Waals surface area contributed by atoms with E-state index >= 15 is 0 Å². The molecule has 18 heavy (non-hydrogen) atoms. The molecule has 2 aromatic rings. The summed E-state index contributed by atoms with van der Waals surface area (Å²) in [5.41, 5.74) is 8.59. The molecule has 0 saturated heterocycles. The Labute approximate surface area is 107 Å². The molecule has 0 saturated carbocycles. The number of imidazole rings is 1. The van der Waals surface area contributed by atoms with Crippen molar-refractivity contribution in [2.24, 2.45) is 5.73 Å². The van der Waals surface area contributed by atoms with E-state index in [0.717, 1.165) is 24.2 Å². The maximum absolute atomic E-state index is 8.73. The third-order valence-corrected chi connectivity index (χ3v) is 2.67. The molecule has 1 aromatic heterocycles. The van der Waals surface area contributed by atoms with Crippen LogP contribution in [0, 0.1) is 11.3 Å². The predicted molar refractivity (Wildman–Crippen MR) is 69.8 cm³/mol. The number of hydrogen-bond acceptors (Lipinski definition) is 3. The lowest BCUT2D eigenvalue weighted by atomic mass is 10.1. The topological polar surface area (TPSA) is 67.6 Å². The lowest BCUT2D eigenvalue weighted by Gasteiger charge is -2.02. The van der Waals surface area contributed by atoms with Gasteiger partial charge in [-0.05, 0) is 24.6 Å². The quantitative estimate of drug-likeness (QED) is 0.884. The van der Waals surface area contributed by atoms with Crippen LogP contribution >= 0.6 is 0 Å². The molecule has 0 fully saturated rings. The summed E-state index contributed by atoms with van der Waals surface area (Å²) in [5.74, 6) is 0. The average molecular weight is 240 g/mol. The second-order valence-electron chi connectivity index (χ2n) is 4.53. The van der Waals surface area contributed by atoms with Crippen molar-refractivity contribution in [3.63, 3.8) is 0 Å². The fraction of sp³-hybridized carbons (Fsp3) is 0.286. The van der Waals surface area contributed by atoms with Gasteiger partial charge in [0.15, 0.2) is 0 Å². The Balaban J connectivity index is 2.04. The van der Waals surface area contributed by atoms with E-state index in [2.05, 4.69) is 11.1 Å². The highest BCUT2D eigenvalue weighted by Gasteiger charge is 2.02. The largest absolute Gasteiger partial charge is 0.333 e. The molecule has 1 unspecified atom stereocenters. The van der Waals surface area contributed by atoms with Crippen LogP contribution < -0.4 is 5.73 Å². The molecule has 92 valence electrons. The van der Waals surface area contributed by atoms with Gasteiger partial charge >= 0.3 is 0 Å². The van der Waals surface area contributed by atoms with Gasteiger partial charge in [0.25, 0.3) is 0 Å². The van der Waals surface area contributed by atoms with Crippen molar-refractivity contribution in [1.82, 2.24) is 9.55 Å². The van der Waals surface area contributed by atoms with Crippen molar-refractivity contribution in [3.05, 3.63) is 53.6 Å². The van der Waals surface area contributed by atoms with Gasteiger partial charge < -0.3 is 10.3 Å². The summed E-state index contributed by atoms with van der Waals surface area (Å²) in [4.78, 5) is 4.32. The van der Waals surface area contributed by atoms with Crippen LogP contribution in [0.15, 0.2) is 36.8 Å². The summed E-state index contributed by atoms with van der Waals surface area (Å²) in [6.45, 7) is 2.73. The Morgan fingerprint density at radius 3 is 2.72 bits per heavy atom. The molecular formula is C14H16N4. The minimum absolute atomic E-state index is 0.128. The summed E-state index contributed by atoms with van der Waals surface area (Å²) in [6, 6.07) is 9.82. The molecule has 1 aromatic carbocycles. The Bertz CT molecular complexity index is 546. The van der Waals surface area contributed by atoms with Crippen molar-refractivity contribution in [3.8, 4) is 6.07 Å². The van der Waals surface area contributed by atoms with Crippen LogP contribution in [0.2, 0.25) is 0 Å². The van der Waals surface area contributed by atoms with E-state index < -0.39 is 0 Å². The minimum Gasteiger partial charge on any atom is -0.333 e. The van der Waals surface area contributed by atoms with E-state index in [9.17, 15) is 0 Å². The molecule has 4 nitrogen and oxygen atoms in total. The summed E-state index contributed by atoms with van der Waals surface area (Å²) in [5, 5.41) is 8.73. The number of nitriles is 1. The number of nitrogens with two attached hydrogens (primary N) is 1. The smallest absolute Gasteiger partial charge is 0.0991 e. The van der Waals surface area contributed by atoms with Crippen LogP contribution in [0.5, 0.6) is 0 Å². The van der Waals surface area contributed by atoms with Gasteiger partial charge in [0.2, 0.25) is 0 Å². The number of rotatable bonds is 4. The van der Waals surface area contributed by atoms with Crippen molar-refractivity contribution < 1.29 is 0 Å². The van der Waals surface area contributed by atoms with Crippen LogP contribution in [0.1, 0.15) is 23.7 Å². The minimum atomic E-state index is 0.128. The highest BCUT2D eigenvalue weighted by atomic mass is 15.0. The maximum atomic E-state index is 8.73. The van der Waals surface area contributed by atoms with Gasteiger partial charge in [-0.15, -0.1) is 0 Å². The van der Waals surface area contributed by atoms with Crippen LogP contribution in [0.3, 0.4) is 0 Å². The van der Waals surface area contributed by atoms with Crippen molar-refractivity contribution >= 4 is 0 Å². The third-order valence-electron chi connectivity index (χ3n) is 2.67. The van der Waals surface area contributed by atoms with E-state index in [-0.39, 0.29) is 6.04 Å². The number of benzene rings is 1. The van der Waals surface area contributed by atoms with Crippen LogP contribution in [-0.4, -0.2) is 15.6 Å². The monoisotopic (exact) mass is 240 g/mol. The molecule has 0 aliphatic rings. The summed E-state index contributed by atoms with van der Waals surface area (Å²) < 4.78 is 2.03. The third kappa shape index (κ3) is 3.19. The predicted octanol–water partition coefficient (Wildman–Crippen LogP) is 1.69. The van der Waals surface area contributed by atoms with Gasteiger partial charge in [-0.25, -0.2) is 4.98 Å². The maximum Gasteiger partial charge on any atom is 0.0991 e. The molecule has 0 aliphatic carbocycles. The van der Waals surface area contributed by atoms with E-state index in [1.165, 1.54) is 0 Å². The lowest BCUT2D eigenvalue weighted by molar-refractivity contribution is 0.723. The van der Waals surface area contributed by atoms with Gasteiger partial charge in [0.05, 0.1) is 23.7 Å². The molecule has 0 spiro atoms. The van der Waals surface area contributed by atoms with Gasteiger partial charge in [0, 0.05) is 25.2 Å². The zero-order chi connectivity index (χ0) is 13.0. The van der Waals surface area contributed by atoms with E-state index in [0.29, 0.717) is 5.56 Å². The first-order chi connectivity index (χ1) is 8.67. The average Bonchev–Trinajstić information content (AvgIpc) is 2.76. The van der Waals surface area contributed by atoms with Gasteiger partial charge in [-0.3, -0.25) is 0 Å². The van der Waals surface area contributed by atoms with Crippen molar-refractivity contribution in [2.75, 3.05) is 0 Å². The first kappa shape index (κ1) is 12.3. The number of aromatic nitrogens is 2. The second kappa shape index (κ2) is 5.48. The van der Waals surface area contributed by atoms with E-state index in [4.69, 9.17) is 11.0 Å². The van der Waals surface area contributed by atoms with Crippen molar-refractivity contribution in [1.29, 1.82) is 5.26 Å². The van der Waals surface area contributed by atoms with E-state index in [1.54, 1.807) is 0 Å². The molecular weight excluding hydrogens is 224 g/mol. The van der Waals surface area contributed by atoms with E-state index in [1.807, 2.05) is 48.3 Å². The van der Waals surface area contributed by atoms with Crippen LogP contribution in [0.25, 0.3) is 0 Å². The Kier molecular flexibility index (Phi) is 3.75. The fourth-order valence-electron chi connectivity index (χ4n) is 1.82. The summed E-state index contributed by atoms with van der Waals surface area (Å²) in [7, 11) is 0. The number of nitrogens with zero attached hydrogens (tertiary/aromatic N) is 3. The molecule has 2 N–H and O–H groups in total. The van der Waals surface area contributed by atoms with Gasteiger partial charge in [-0.2, -0.15) is 5.26 Å².